The van der Waals surface area contributed by atoms with Crippen molar-refractivity contribution in [1.29, 1.82) is 0 Å². The van der Waals surface area contributed by atoms with Crippen LogP contribution in [0.25, 0.3) is 0 Å². The molecule has 114 valence electrons. The van der Waals surface area contributed by atoms with Crippen molar-refractivity contribution in [3.8, 4) is 0 Å². The Bertz CT molecular complexity index is 567. The summed E-state index contributed by atoms with van der Waals surface area (Å²) in [4.78, 5) is 2.43. The Morgan fingerprint density at radius 1 is 1.45 bits per heavy atom. The molecule has 2 unspecified atom stereocenters. The Morgan fingerprint density at radius 2 is 2.15 bits per heavy atom. The van der Waals surface area contributed by atoms with E-state index in [4.69, 9.17) is 5.11 Å². The molecule has 2 atom stereocenters. The lowest BCUT2D eigenvalue weighted by Crippen LogP contribution is -2.48. The van der Waals surface area contributed by atoms with Gasteiger partial charge in [0.2, 0.25) is 10.0 Å². The van der Waals surface area contributed by atoms with Gasteiger partial charge in [-0.05, 0) is 32.0 Å². The minimum atomic E-state index is -3.52. The average molecular weight is 301 g/mol. The Balaban J connectivity index is 2.14. The molecule has 0 aliphatic carbocycles. The molecular weight excluding hydrogens is 278 g/mol. The van der Waals surface area contributed by atoms with Crippen LogP contribution in [0.4, 0.5) is 0 Å². The van der Waals surface area contributed by atoms with Crippen LogP contribution in [0.3, 0.4) is 0 Å². The molecule has 20 heavy (non-hydrogen) atoms. The van der Waals surface area contributed by atoms with Gasteiger partial charge < -0.3 is 14.6 Å². The summed E-state index contributed by atoms with van der Waals surface area (Å²) >= 11 is 0. The highest BCUT2D eigenvalue weighted by atomic mass is 32.2. The van der Waals surface area contributed by atoms with Crippen LogP contribution in [0.2, 0.25) is 0 Å². The third kappa shape index (κ3) is 3.22. The lowest BCUT2D eigenvalue weighted by Gasteiger charge is -2.34. The molecule has 0 radical (unpaired) electrons. The molecule has 6 nitrogen and oxygen atoms in total. The number of hydrogen-bond acceptors (Lipinski definition) is 4. The van der Waals surface area contributed by atoms with Gasteiger partial charge in [0.1, 0.15) is 0 Å². The van der Waals surface area contributed by atoms with Crippen molar-refractivity contribution in [2.75, 3.05) is 20.1 Å². The van der Waals surface area contributed by atoms with E-state index >= 15 is 0 Å². The zero-order valence-corrected chi connectivity index (χ0v) is 13.0. The first-order valence-electron chi connectivity index (χ1n) is 6.80. The summed E-state index contributed by atoms with van der Waals surface area (Å²) in [5, 5.41) is 9.15. The van der Waals surface area contributed by atoms with Gasteiger partial charge in [-0.2, -0.15) is 0 Å². The molecule has 2 N–H and O–H groups in total. The zero-order valence-electron chi connectivity index (χ0n) is 12.2. The van der Waals surface area contributed by atoms with Gasteiger partial charge in [-0.1, -0.05) is 6.92 Å². The number of likely N-dealkylation sites (tertiary alicyclic amines) is 1. The maximum Gasteiger partial charge on any atom is 0.242 e. The molecule has 0 aromatic carbocycles. The van der Waals surface area contributed by atoms with Gasteiger partial charge in [0.05, 0.1) is 11.5 Å². The number of nitrogens with one attached hydrogen (secondary N) is 1. The largest absolute Gasteiger partial charge is 0.390 e. The molecule has 0 spiro atoms. The molecule has 1 aromatic heterocycles. The average Bonchev–Trinajstić information content (AvgIpc) is 2.75. The van der Waals surface area contributed by atoms with E-state index < -0.39 is 10.0 Å². The molecule has 0 saturated carbocycles. The number of aryl methyl sites for hydroxylation is 1. The number of sulfonamides is 1. The molecule has 0 bridgehead atoms. The van der Waals surface area contributed by atoms with Crippen LogP contribution in [0.5, 0.6) is 0 Å². The number of hydrogen-bond donors (Lipinski definition) is 2. The van der Waals surface area contributed by atoms with Gasteiger partial charge in [-0.15, -0.1) is 0 Å². The van der Waals surface area contributed by atoms with E-state index in [9.17, 15) is 8.42 Å². The van der Waals surface area contributed by atoms with Crippen LogP contribution in [0, 0.1) is 5.92 Å². The molecule has 1 aromatic rings. The van der Waals surface area contributed by atoms with Gasteiger partial charge in [0.15, 0.2) is 0 Å². The maximum absolute atomic E-state index is 12.4. The maximum atomic E-state index is 12.4. The summed E-state index contributed by atoms with van der Waals surface area (Å²) in [6.07, 6.45) is 2.35. The van der Waals surface area contributed by atoms with Gasteiger partial charge in [0, 0.05) is 31.5 Å². The highest BCUT2D eigenvalue weighted by molar-refractivity contribution is 7.89. The van der Waals surface area contributed by atoms with Crippen molar-refractivity contribution in [3.05, 3.63) is 18.0 Å². The fraction of sp³-hybridized carbons (Fsp3) is 0.692. The van der Waals surface area contributed by atoms with Crippen molar-refractivity contribution in [2.45, 2.75) is 30.9 Å². The summed E-state index contributed by atoms with van der Waals surface area (Å²) in [6, 6.07) is 1.48. The summed E-state index contributed by atoms with van der Waals surface area (Å²) in [5.41, 5.74) is 0.585. The molecule has 1 aliphatic heterocycles. The summed E-state index contributed by atoms with van der Waals surface area (Å²) < 4.78 is 29.2. The lowest BCUT2D eigenvalue weighted by atomic mass is 9.95. The molecule has 7 heteroatoms. The Morgan fingerprint density at radius 3 is 2.70 bits per heavy atom. The third-order valence-electron chi connectivity index (χ3n) is 3.97. The molecular formula is C13H23N3O3S. The van der Waals surface area contributed by atoms with Crippen LogP contribution >= 0.6 is 0 Å². The van der Waals surface area contributed by atoms with Crippen molar-refractivity contribution in [1.82, 2.24) is 14.2 Å². The first-order valence-corrected chi connectivity index (χ1v) is 8.29. The van der Waals surface area contributed by atoms with Crippen molar-refractivity contribution >= 4 is 10.0 Å². The normalized spacial score (nSPS) is 25.0. The Labute approximate surface area is 120 Å². The van der Waals surface area contributed by atoms with Crippen molar-refractivity contribution < 1.29 is 13.5 Å². The third-order valence-corrected chi connectivity index (χ3v) is 5.43. The second kappa shape index (κ2) is 5.85. The molecule has 1 aliphatic rings. The second-order valence-electron chi connectivity index (χ2n) is 5.69. The minimum absolute atomic E-state index is 0.0333. The number of aliphatic hydroxyl groups excluding tert-OH is 1. The van der Waals surface area contributed by atoms with Crippen LogP contribution in [0.1, 0.15) is 19.0 Å². The van der Waals surface area contributed by atoms with Gasteiger partial charge in [0.25, 0.3) is 0 Å². The van der Waals surface area contributed by atoms with Crippen LogP contribution in [-0.4, -0.2) is 49.2 Å². The van der Waals surface area contributed by atoms with Crippen LogP contribution < -0.4 is 4.72 Å². The second-order valence-corrected chi connectivity index (χ2v) is 7.41. The fourth-order valence-corrected chi connectivity index (χ4v) is 4.15. The van der Waals surface area contributed by atoms with E-state index in [-0.39, 0.29) is 23.5 Å². The highest BCUT2D eigenvalue weighted by Gasteiger charge is 2.29. The first kappa shape index (κ1) is 15.5. The van der Waals surface area contributed by atoms with E-state index in [0.29, 0.717) is 5.69 Å². The molecule has 1 fully saturated rings. The summed E-state index contributed by atoms with van der Waals surface area (Å²) in [5.74, 6) is 0.282. The number of rotatable bonds is 4. The van der Waals surface area contributed by atoms with Crippen LogP contribution in [0.15, 0.2) is 17.2 Å². The van der Waals surface area contributed by atoms with Gasteiger partial charge >= 0.3 is 0 Å². The topological polar surface area (TPSA) is 74.6 Å². The van der Waals surface area contributed by atoms with Gasteiger partial charge in [-0.25, -0.2) is 13.1 Å². The van der Waals surface area contributed by atoms with E-state index in [0.717, 1.165) is 19.5 Å². The first-order chi connectivity index (χ1) is 9.33. The SMILES string of the molecule is CC1CN(C)CCC1NS(=O)(=O)c1cc(CO)n(C)c1. The number of aliphatic hydroxyl groups is 1. The smallest absolute Gasteiger partial charge is 0.242 e. The van der Waals surface area contributed by atoms with Crippen molar-refractivity contribution in [2.24, 2.45) is 13.0 Å². The highest BCUT2D eigenvalue weighted by Crippen LogP contribution is 2.19. The monoisotopic (exact) mass is 301 g/mol. The van der Waals surface area contributed by atoms with E-state index in [1.165, 1.54) is 12.3 Å². The molecule has 2 rings (SSSR count). The van der Waals surface area contributed by atoms with Crippen molar-refractivity contribution in [3.63, 3.8) is 0 Å². The minimum Gasteiger partial charge on any atom is -0.390 e. The van der Waals surface area contributed by atoms with Gasteiger partial charge in [-0.3, -0.25) is 0 Å². The summed E-state index contributed by atoms with van der Waals surface area (Å²) in [7, 11) is 0.250. The lowest BCUT2D eigenvalue weighted by molar-refractivity contribution is 0.188. The quantitative estimate of drug-likeness (QED) is 0.829. The summed E-state index contributed by atoms with van der Waals surface area (Å²) in [6.45, 7) is 3.68. The number of piperidine rings is 1. The van der Waals surface area contributed by atoms with E-state index in [1.807, 2.05) is 7.05 Å². The molecule has 0 amide bonds. The Kier molecular flexibility index (Phi) is 4.53. The van der Waals surface area contributed by atoms with Crippen LogP contribution in [-0.2, 0) is 23.7 Å². The number of nitrogens with zero attached hydrogens (tertiary/aromatic N) is 2. The molecule has 2 heterocycles. The predicted molar refractivity (Wildman–Crippen MR) is 76.7 cm³/mol. The van der Waals surface area contributed by atoms with E-state index in [2.05, 4.69) is 16.5 Å². The van der Waals surface area contributed by atoms with E-state index in [1.54, 1.807) is 11.6 Å². The molecule has 1 saturated heterocycles. The number of aromatic nitrogens is 1. The standard InChI is InChI=1S/C13H23N3O3S/c1-10-7-15(2)5-4-13(10)14-20(18,19)12-6-11(9-17)16(3)8-12/h6,8,10,13-14,17H,4-5,7,9H2,1-3H3. The Hall–Kier alpha value is -0.890. The fourth-order valence-electron chi connectivity index (χ4n) is 2.68. The predicted octanol–water partition coefficient (Wildman–Crippen LogP) is 0.136. The zero-order chi connectivity index (χ0) is 14.9.